The topological polar surface area (TPSA) is 62.3 Å². The highest BCUT2D eigenvalue weighted by Gasteiger charge is 2.27. The first-order valence-electron chi connectivity index (χ1n) is 8.19. The third kappa shape index (κ3) is 3.06. The summed E-state index contributed by atoms with van der Waals surface area (Å²) in [4.78, 5) is 31.5. The molecule has 1 N–H and O–H groups in total. The van der Waals surface area contributed by atoms with Crippen LogP contribution in [0.2, 0.25) is 0 Å². The van der Waals surface area contributed by atoms with E-state index in [-0.39, 0.29) is 11.8 Å². The summed E-state index contributed by atoms with van der Waals surface area (Å²) in [6, 6.07) is 5.85. The van der Waals surface area contributed by atoms with Crippen molar-refractivity contribution in [2.45, 2.75) is 40.0 Å². The average Bonchev–Trinajstić information content (AvgIpc) is 3.17. The van der Waals surface area contributed by atoms with Crippen LogP contribution in [0.25, 0.3) is 0 Å². The lowest BCUT2D eigenvalue weighted by molar-refractivity contribution is -0.117. The SMILES string of the molecule is CCc1nc(N2CCCC2=O)sc1C(=O)Nc1cccc(C)c1C. The molecule has 1 aromatic carbocycles. The number of nitrogens with one attached hydrogen (secondary N) is 1. The van der Waals surface area contributed by atoms with Gasteiger partial charge in [0.1, 0.15) is 4.88 Å². The van der Waals surface area contributed by atoms with Gasteiger partial charge in [0.25, 0.3) is 5.91 Å². The molecule has 2 amide bonds. The number of carbonyl (C=O) groups is 2. The van der Waals surface area contributed by atoms with Crippen molar-refractivity contribution in [2.75, 3.05) is 16.8 Å². The van der Waals surface area contributed by atoms with Gasteiger partial charge in [-0.1, -0.05) is 30.4 Å². The molecule has 1 saturated heterocycles. The van der Waals surface area contributed by atoms with Crippen LogP contribution in [0.3, 0.4) is 0 Å². The van der Waals surface area contributed by atoms with Gasteiger partial charge in [-0.25, -0.2) is 4.98 Å². The quantitative estimate of drug-likeness (QED) is 0.921. The zero-order chi connectivity index (χ0) is 17.3. The Kier molecular flexibility index (Phi) is 4.66. The highest BCUT2D eigenvalue weighted by atomic mass is 32.1. The zero-order valence-corrected chi connectivity index (χ0v) is 15.0. The lowest BCUT2D eigenvalue weighted by Gasteiger charge is -2.10. The summed E-state index contributed by atoms with van der Waals surface area (Å²) >= 11 is 1.30. The molecular formula is C18H21N3O2S. The van der Waals surface area contributed by atoms with Crippen LogP contribution in [0.1, 0.15) is 46.3 Å². The van der Waals surface area contributed by atoms with E-state index >= 15 is 0 Å². The predicted molar refractivity (Wildman–Crippen MR) is 96.9 cm³/mol. The van der Waals surface area contributed by atoms with Crippen LogP contribution in [0.15, 0.2) is 18.2 Å². The fourth-order valence-corrected chi connectivity index (χ4v) is 3.88. The van der Waals surface area contributed by atoms with Crippen molar-refractivity contribution >= 4 is 34.0 Å². The zero-order valence-electron chi connectivity index (χ0n) is 14.2. The van der Waals surface area contributed by atoms with Crippen LogP contribution in [-0.4, -0.2) is 23.3 Å². The van der Waals surface area contributed by atoms with E-state index in [9.17, 15) is 9.59 Å². The Balaban J connectivity index is 1.88. The Labute approximate surface area is 145 Å². The number of anilines is 2. The normalized spacial score (nSPS) is 14.3. The average molecular weight is 343 g/mol. The van der Waals surface area contributed by atoms with Crippen LogP contribution in [0.5, 0.6) is 0 Å². The van der Waals surface area contributed by atoms with Crippen molar-refractivity contribution in [3.05, 3.63) is 39.9 Å². The number of aryl methyl sites for hydroxylation is 2. The van der Waals surface area contributed by atoms with Crippen molar-refractivity contribution in [1.29, 1.82) is 0 Å². The van der Waals surface area contributed by atoms with Crippen LogP contribution in [0, 0.1) is 13.8 Å². The Morgan fingerprint density at radius 1 is 1.38 bits per heavy atom. The van der Waals surface area contributed by atoms with Gasteiger partial charge < -0.3 is 5.32 Å². The Bertz CT molecular complexity index is 798. The molecule has 1 aromatic heterocycles. The van der Waals surface area contributed by atoms with E-state index in [1.807, 2.05) is 39.0 Å². The fraction of sp³-hybridized carbons (Fsp3) is 0.389. The maximum atomic E-state index is 12.7. The maximum Gasteiger partial charge on any atom is 0.267 e. The second kappa shape index (κ2) is 6.73. The largest absolute Gasteiger partial charge is 0.321 e. The summed E-state index contributed by atoms with van der Waals surface area (Å²) in [6.07, 6.45) is 2.07. The van der Waals surface area contributed by atoms with Gasteiger partial charge in [0.15, 0.2) is 5.13 Å². The lowest BCUT2D eigenvalue weighted by Crippen LogP contribution is -2.23. The van der Waals surface area contributed by atoms with Crippen LogP contribution >= 0.6 is 11.3 Å². The van der Waals surface area contributed by atoms with Crippen LogP contribution in [-0.2, 0) is 11.2 Å². The summed E-state index contributed by atoms with van der Waals surface area (Å²) in [6.45, 7) is 6.67. The summed E-state index contributed by atoms with van der Waals surface area (Å²) in [5, 5.41) is 3.62. The standard InChI is InChI=1S/C18H21N3O2S/c1-4-13-16(24-18(20-13)21-10-6-9-15(21)22)17(23)19-14-8-5-7-11(2)12(14)3/h5,7-8H,4,6,9-10H2,1-3H3,(H,19,23). The van der Waals surface area contributed by atoms with Gasteiger partial charge >= 0.3 is 0 Å². The first-order valence-corrected chi connectivity index (χ1v) is 9.00. The van der Waals surface area contributed by atoms with E-state index < -0.39 is 0 Å². The number of amides is 2. The van der Waals surface area contributed by atoms with Crippen LogP contribution < -0.4 is 10.2 Å². The third-order valence-electron chi connectivity index (χ3n) is 4.38. The second-order valence-electron chi connectivity index (χ2n) is 5.98. The molecule has 1 fully saturated rings. The van der Waals surface area contributed by atoms with Gasteiger partial charge in [-0.2, -0.15) is 0 Å². The molecule has 2 heterocycles. The molecule has 0 unspecified atom stereocenters. The monoisotopic (exact) mass is 343 g/mol. The number of hydrogen-bond acceptors (Lipinski definition) is 4. The summed E-state index contributed by atoms with van der Waals surface area (Å²) in [5.41, 5.74) is 3.76. The van der Waals surface area contributed by atoms with Crippen molar-refractivity contribution in [3.63, 3.8) is 0 Å². The maximum absolute atomic E-state index is 12.7. The second-order valence-corrected chi connectivity index (χ2v) is 6.95. The number of rotatable bonds is 4. The van der Waals surface area contributed by atoms with Gasteiger partial charge in [-0.15, -0.1) is 0 Å². The fourth-order valence-electron chi connectivity index (χ4n) is 2.79. The van der Waals surface area contributed by atoms with Gasteiger partial charge in [0.05, 0.1) is 5.69 Å². The lowest BCUT2D eigenvalue weighted by atomic mass is 10.1. The molecule has 126 valence electrons. The molecule has 6 heteroatoms. The summed E-state index contributed by atoms with van der Waals surface area (Å²) < 4.78 is 0. The van der Waals surface area contributed by atoms with E-state index in [1.54, 1.807) is 4.90 Å². The van der Waals surface area contributed by atoms with Gasteiger partial charge in [-0.05, 0) is 43.9 Å². The first-order chi connectivity index (χ1) is 11.5. The van der Waals surface area contributed by atoms with Crippen molar-refractivity contribution in [1.82, 2.24) is 4.98 Å². The molecule has 0 aliphatic carbocycles. The molecule has 1 aliphatic rings. The molecule has 0 spiro atoms. The molecular weight excluding hydrogens is 322 g/mol. The van der Waals surface area contributed by atoms with Crippen molar-refractivity contribution in [3.8, 4) is 0 Å². The van der Waals surface area contributed by atoms with E-state index in [2.05, 4.69) is 10.3 Å². The predicted octanol–water partition coefficient (Wildman–Crippen LogP) is 3.70. The molecule has 0 radical (unpaired) electrons. The Morgan fingerprint density at radius 2 is 2.17 bits per heavy atom. The van der Waals surface area contributed by atoms with E-state index in [1.165, 1.54) is 11.3 Å². The minimum atomic E-state index is -0.157. The molecule has 3 rings (SSSR count). The van der Waals surface area contributed by atoms with Gasteiger partial charge in [0.2, 0.25) is 5.91 Å². The summed E-state index contributed by atoms with van der Waals surface area (Å²) in [7, 11) is 0. The van der Waals surface area contributed by atoms with Crippen molar-refractivity contribution < 1.29 is 9.59 Å². The molecule has 0 atom stereocenters. The van der Waals surface area contributed by atoms with E-state index in [4.69, 9.17) is 0 Å². The molecule has 24 heavy (non-hydrogen) atoms. The molecule has 0 bridgehead atoms. The number of hydrogen-bond donors (Lipinski definition) is 1. The number of benzene rings is 1. The van der Waals surface area contributed by atoms with Gasteiger partial charge in [-0.3, -0.25) is 14.5 Å². The van der Waals surface area contributed by atoms with Crippen molar-refractivity contribution in [2.24, 2.45) is 0 Å². The third-order valence-corrected chi connectivity index (χ3v) is 5.50. The highest BCUT2D eigenvalue weighted by Crippen LogP contribution is 2.31. The van der Waals surface area contributed by atoms with E-state index in [0.717, 1.165) is 28.9 Å². The number of carbonyl (C=O) groups excluding carboxylic acids is 2. The number of nitrogens with zero attached hydrogens (tertiary/aromatic N) is 2. The molecule has 0 saturated carbocycles. The molecule has 1 aliphatic heterocycles. The molecule has 5 nitrogen and oxygen atoms in total. The Morgan fingerprint density at radius 3 is 2.83 bits per heavy atom. The highest BCUT2D eigenvalue weighted by molar-refractivity contribution is 7.18. The number of thiazole rings is 1. The number of aromatic nitrogens is 1. The summed E-state index contributed by atoms with van der Waals surface area (Å²) in [5.74, 6) is -0.0659. The minimum absolute atomic E-state index is 0.0906. The minimum Gasteiger partial charge on any atom is -0.321 e. The van der Waals surface area contributed by atoms with Crippen LogP contribution in [0.4, 0.5) is 10.8 Å². The molecule has 2 aromatic rings. The Hall–Kier alpha value is -2.21. The first kappa shape index (κ1) is 16.6. The van der Waals surface area contributed by atoms with E-state index in [0.29, 0.717) is 29.4 Å². The smallest absolute Gasteiger partial charge is 0.267 e. The van der Waals surface area contributed by atoms with Gasteiger partial charge in [0, 0.05) is 18.7 Å².